The molecule has 2 aromatic carbocycles. The molecule has 4 heteroatoms. The lowest BCUT2D eigenvalue weighted by Crippen LogP contribution is -2.14. The van der Waals surface area contributed by atoms with Crippen LogP contribution in [0.2, 0.25) is 0 Å². The first-order chi connectivity index (χ1) is 12.7. The third kappa shape index (κ3) is 3.32. The van der Waals surface area contributed by atoms with Gasteiger partial charge in [-0.3, -0.25) is 0 Å². The molecule has 1 radical (unpaired) electrons. The van der Waals surface area contributed by atoms with Gasteiger partial charge in [-0.05, 0) is 73.1 Å². The van der Waals surface area contributed by atoms with Crippen LogP contribution in [-0.4, -0.2) is 22.7 Å². The van der Waals surface area contributed by atoms with E-state index in [1.54, 1.807) is 12.1 Å². The SMILES string of the molecule is O=C(O)c1ccc2[nH]cc(CCCCC3CCOc4c[c]ccc43)c2c1. The van der Waals surface area contributed by atoms with Crippen molar-refractivity contribution in [3.63, 3.8) is 0 Å². The van der Waals surface area contributed by atoms with Crippen molar-refractivity contribution in [2.24, 2.45) is 0 Å². The summed E-state index contributed by atoms with van der Waals surface area (Å²) in [6, 6.07) is 14.4. The number of hydrogen-bond acceptors (Lipinski definition) is 2. The molecular formula is C22H22NO3. The summed E-state index contributed by atoms with van der Waals surface area (Å²) < 4.78 is 5.71. The zero-order chi connectivity index (χ0) is 17.9. The molecule has 0 spiro atoms. The van der Waals surface area contributed by atoms with Crippen molar-refractivity contribution in [3.05, 3.63) is 65.4 Å². The Balaban J connectivity index is 1.38. The lowest BCUT2D eigenvalue weighted by Gasteiger charge is -2.25. The number of aromatic nitrogens is 1. The summed E-state index contributed by atoms with van der Waals surface area (Å²) in [7, 11) is 0. The zero-order valence-electron chi connectivity index (χ0n) is 14.6. The Bertz CT molecular complexity index is 928. The van der Waals surface area contributed by atoms with Crippen molar-refractivity contribution in [1.29, 1.82) is 0 Å². The van der Waals surface area contributed by atoms with Crippen molar-refractivity contribution in [1.82, 2.24) is 4.98 Å². The number of unbranched alkanes of at least 4 members (excludes halogenated alkanes) is 1. The number of rotatable bonds is 6. The second-order valence-corrected chi connectivity index (χ2v) is 6.92. The number of carbonyl (C=O) groups is 1. The molecule has 133 valence electrons. The van der Waals surface area contributed by atoms with Crippen LogP contribution in [0.4, 0.5) is 0 Å². The van der Waals surface area contributed by atoms with Gasteiger partial charge in [0, 0.05) is 17.1 Å². The maximum atomic E-state index is 11.2. The van der Waals surface area contributed by atoms with Crippen LogP contribution in [0.15, 0.2) is 42.6 Å². The van der Waals surface area contributed by atoms with Gasteiger partial charge in [-0.1, -0.05) is 18.6 Å². The van der Waals surface area contributed by atoms with Gasteiger partial charge in [0.25, 0.3) is 0 Å². The minimum atomic E-state index is -0.880. The lowest BCUT2D eigenvalue weighted by molar-refractivity contribution is 0.0697. The fraction of sp³-hybridized carbons (Fsp3) is 0.318. The van der Waals surface area contributed by atoms with Gasteiger partial charge in [-0.25, -0.2) is 4.79 Å². The molecule has 0 fully saturated rings. The van der Waals surface area contributed by atoms with Gasteiger partial charge in [-0.15, -0.1) is 0 Å². The molecule has 1 aromatic heterocycles. The van der Waals surface area contributed by atoms with E-state index in [1.165, 1.54) is 11.1 Å². The number of aryl methyl sites for hydroxylation is 1. The van der Waals surface area contributed by atoms with Crippen LogP contribution in [0.5, 0.6) is 5.75 Å². The first kappa shape index (κ1) is 16.7. The third-order valence-electron chi connectivity index (χ3n) is 5.28. The molecule has 4 nitrogen and oxygen atoms in total. The van der Waals surface area contributed by atoms with Crippen molar-refractivity contribution in [3.8, 4) is 5.75 Å². The smallest absolute Gasteiger partial charge is 0.335 e. The number of H-pyrrole nitrogens is 1. The van der Waals surface area contributed by atoms with Gasteiger partial charge in [-0.2, -0.15) is 0 Å². The number of hydrogen-bond donors (Lipinski definition) is 2. The van der Waals surface area contributed by atoms with Gasteiger partial charge < -0.3 is 14.8 Å². The Morgan fingerprint density at radius 2 is 2.23 bits per heavy atom. The van der Waals surface area contributed by atoms with E-state index in [-0.39, 0.29) is 0 Å². The number of ether oxygens (including phenoxy) is 1. The van der Waals surface area contributed by atoms with Crippen LogP contribution >= 0.6 is 0 Å². The monoisotopic (exact) mass is 348 g/mol. The van der Waals surface area contributed by atoms with Crippen LogP contribution in [0.3, 0.4) is 0 Å². The van der Waals surface area contributed by atoms with E-state index in [4.69, 9.17) is 4.74 Å². The van der Waals surface area contributed by atoms with Crippen molar-refractivity contribution < 1.29 is 14.6 Å². The molecule has 0 saturated carbocycles. The summed E-state index contributed by atoms with van der Waals surface area (Å²) >= 11 is 0. The largest absolute Gasteiger partial charge is 0.493 e. The Morgan fingerprint density at radius 3 is 3.12 bits per heavy atom. The second kappa shape index (κ2) is 7.24. The van der Waals surface area contributed by atoms with Crippen molar-refractivity contribution in [2.45, 2.75) is 38.0 Å². The molecular weight excluding hydrogens is 326 g/mol. The van der Waals surface area contributed by atoms with E-state index in [2.05, 4.69) is 17.1 Å². The second-order valence-electron chi connectivity index (χ2n) is 6.92. The van der Waals surface area contributed by atoms with Crippen LogP contribution < -0.4 is 4.74 Å². The summed E-state index contributed by atoms with van der Waals surface area (Å²) in [6.07, 6.45) is 7.44. The quantitative estimate of drug-likeness (QED) is 0.620. The number of benzene rings is 2. The third-order valence-corrected chi connectivity index (χ3v) is 5.28. The molecule has 0 aliphatic carbocycles. The highest BCUT2D eigenvalue weighted by Gasteiger charge is 2.20. The molecule has 1 aliphatic heterocycles. The molecule has 3 aromatic rings. The minimum absolute atomic E-state index is 0.342. The van der Waals surface area contributed by atoms with Gasteiger partial charge in [0.05, 0.1) is 12.2 Å². The molecule has 1 aliphatic rings. The summed E-state index contributed by atoms with van der Waals surface area (Å²) in [6.45, 7) is 0.788. The maximum Gasteiger partial charge on any atom is 0.335 e. The molecule has 0 bridgehead atoms. The molecule has 2 heterocycles. The molecule has 0 saturated heterocycles. The number of aromatic carboxylic acids is 1. The van der Waals surface area contributed by atoms with Crippen LogP contribution in [0.25, 0.3) is 10.9 Å². The number of aromatic amines is 1. The van der Waals surface area contributed by atoms with E-state index >= 15 is 0 Å². The summed E-state index contributed by atoms with van der Waals surface area (Å²) in [4.78, 5) is 14.4. The van der Waals surface area contributed by atoms with E-state index in [0.717, 1.165) is 55.4 Å². The Morgan fingerprint density at radius 1 is 1.31 bits per heavy atom. The predicted molar refractivity (Wildman–Crippen MR) is 101 cm³/mol. The highest BCUT2D eigenvalue weighted by atomic mass is 16.5. The Hall–Kier alpha value is -2.75. The highest BCUT2D eigenvalue weighted by Crippen LogP contribution is 2.36. The lowest BCUT2D eigenvalue weighted by atomic mass is 9.88. The van der Waals surface area contributed by atoms with Gasteiger partial charge >= 0.3 is 5.97 Å². The fourth-order valence-corrected chi connectivity index (χ4v) is 3.88. The fourth-order valence-electron chi connectivity index (χ4n) is 3.88. The van der Waals surface area contributed by atoms with E-state index in [1.807, 2.05) is 24.4 Å². The average Bonchev–Trinajstić information content (AvgIpc) is 3.07. The first-order valence-electron chi connectivity index (χ1n) is 9.18. The first-order valence-corrected chi connectivity index (χ1v) is 9.18. The van der Waals surface area contributed by atoms with E-state index in [9.17, 15) is 9.90 Å². The molecule has 26 heavy (non-hydrogen) atoms. The zero-order valence-corrected chi connectivity index (χ0v) is 14.6. The summed E-state index contributed by atoms with van der Waals surface area (Å²) in [5.74, 6) is 0.672. The number of nitrogens with one attached hydrogen (secondary N) is 1. The van der Waals surface area contributed by atoms with Crippen LogP contribution in [0.1, 0.15) is 53.1 Å². The molecule has 1 unspecified atom stereocenters. The summed E-state index contributed by atoms with van der Waals surface area (Å²) in [5.41, 5.74) is 3.85. The normalized spacial score (nSPS) is 16.2. The molecule has 2 N–H and O–H groups in total. The topological polar surface area (TPSA) is 62.3 Å². The van der Waals surface area contributed by atoms with Crippen molar-refractivity contribution >= 4 is 16.9 Å². The van der Waals surface area contributed by atoms with Gasteiger partial charge in [0.1, 0.15) is 5.75 Å². The standard InChI is InChI=1S/C22H22NO3/c24-22(25)16-9-10-20-19(13-16)17(14-23-20)6-2-1-5-15-11-12-26-21-8-4-3-7-18(15)21/h3,7-10,13-15,23H,1-2,5-6,11-12H2,(H,24,25). The molecule has 0 amide bonds. The maximum absolute atomic E-state index is 11.2. The average molecular weight is 348 g/mol. The number of fused-ring (bicyclic) bond motifs is 2. The molecule has 4 rings (SSSR count). The summed E-state index contributed by atoms with van der Waals surface area (Å²) in [5, 5.41) is 10.2. The van der Waals surface area contributed by atoms with Gasteiger partial charge in [0.2, 0.25) is 0 Å². The van der Waals surface area contributed by atoms with Crippen LogP contribution in [-0.2, 0) is 6.42 Å². The Kier molecular flexibility index (Phi) is 4.65. The van der Waals surface area contributed by atoms with Gasteiger partial charge in [0.15, 0.2) is 0 Å². The highest BCUT2D eigenvalue weighted by molar-refractivity contribution is 5.94. The number of carboxylic acids is 1. The predicted octanol–water partition coefficient (Wildman–Crippen LogP) is 4.95. The Labute approximate surface area is 152 Å². The van der Waals surface area contributed by atoms with E-state index < -0.39 is 5.97 Å². The number of carboxylic acid groups (broad SMARTS) is 1. The van der Waals surface area contributed by atoms with Crippen molar-refractivity contribution in [2.75, 3.05) is 6.61 Å². The minimum Gasteiger partial charge on any atom is -0.493 e. The van der Waals surface area contributed by atoms with E-state index in [0.29, 0.717) is 11.5 Å². The van der Waals surface area contributed by atoms with Crippen LogP contribution in [0, 0.1) is 6.07 Å². The molecule has 1 atom stereocenters.